The van der Waals surface area contributed by atoms with Gasteiger partial charge in [0.05, 0.1) is 12.6 Å². The van der Waals surface area contributed by atoms with Crippen LogP contribution in [0.15, 0.2) is 59.1 Å². The van der Waals surface area contributed by atoms with E-state index in [0.29, 0.717) is 16.3 Å². The van der Waals surface area contributed by atoms with E-state index in [1.54, 1.807) is 32.2 Å². The largest absolute Gasteiger partial charge is 0.385 e. The minimum atomic E-state index is -1.18. The molecule has 0 bridgehead atoms. The van der Waals surface area contributed by atoms with Gasteiger partial charge in [-0.1, -0.05) is 77.5 Å². The zero-order valence-electron chi connectivity index (χ0n) is 23.1. The summed E-state index contributed by atoms with van der Waals surface area (Å²) in [6.45, 7) is 13.6. The van der Waals surface area contributed by atoms with Gasteiger partial charge in [-0.3, -0.25) is 14.4 Å². The molecule has 1 fully saturated rings. The van der Waals surface area contributed by atoms with Gasteiger partial charge >= 0.3 is 0 Å². The number of carbonyl (C=O) groups is 3. The van der Waals surface area contributed by atoms with E-state index in [-0.39, 0.29) is 24.8 Å². The second-order valence-corrected chi connectivity index (χ2v) is 18.3. The number of amides is 3. The Labute approximate surface area is 245 Å². The first-order valence-electron chi connectivity index (χ1n) is 12.8. The number of nitrogens with two attached hydrogens (primary N) is 1. The zero-order chi connectivity index (χ0) is 29.1. The highest BCUT2D eigenvalue weighted by Crippen LogP contribution is 2.56. The van der Waals surface area contributed by atoms with Gasteiger partial charge in [0.2, 0.25) is 17.7 Å². The monoisotopic (exact) mass is 633 g/mol. The van der Waals surface area contributed by atoms with Crippen LogP contribution in [0.4, 0.5) is 5.69 Å². The highest BCUT2D eigenvalue weighted by molar-refractivity contribution is 9.10. The lowest BCUT2D eigenvalue weighted by Crippen LogP contribution is -2.64. The smallest absolute Gasteiger partial charge is 0.238 e. The van der Waals surface area contributed by atoms with Crippen molar-refractivity contribution in [3.8, 4) is 0 Å². The fourth-order valence-corrected chi connectivity index (χ4v) is 6.87. The molecule has 0 saturated carbocycles. The third-order valence-corrected chi connectivity index (χ3v) is 9.58. The van der Waals surface area contributed by atoms with Crippen LogP contribution in [0, 0.1) is 0 Å². The summed E-state index contributed by atoms with van der Waals surface area (Å²) >= 11 is 9.72. The van der Waals surface area contributed by atoms with E-state index in [0.717, 1.165) is 22.2 Å². The van der Waals surface area contributed by atoms with E-state index in [9.17, 15) is 14.4 Å². The highest BCUT2D eigenvalue weighted by Gasteiger charge is 2.63. The van der Waals surface area contributed by atoms with Crippen LogP contribution >= 0.6 is 27.5 Å². The minimum Gasteiger partial charge on any atom is -0.385 e. The molecule has 0 aliphatic carbocycles. The Balaban J connectivity index is 0.000000459. The Hall–Kier alpha value is -2.46. The van der Waals surface area contributed by atoms with Crippen LogP contribution in [0.25, 0.3) is 0 Å². The molecular weight excluding hydrogens is 598 g/mol. The Morgan fingerprint density at radius 3 is 2.49 bits per heavy atom. The lowest BCUT2D eigenvalue weighted by Gasteiger charge is -2.51. The topological polar surface area (TPSA) is 102 Å². The van der Waals surface area contributed by atoms with Crippen LogP contribution in [0.1, 0.15) is 30.4 Å². The lowest BCUT2D eigenvalue weighted by atomic mass is 9.58. The summed E-state index contributed by atoms with van der Waals surface area (Å²) in [5.74, 6) is -1.67. The molecule has 0 aromatic heterocycles. The number of benzene rings is 2. The molecule has 7 nitrogen and oxygen atoms in total. The summed E-state index contributed by atoms with van der Waals surface area (Å²) in [7, 11) is 0.961. The summed E-state index contributed by atoms with van der Waals surface area (Å²) in [6, 6.07) is 13.3. The molecule has 2 aliphatic rings. The van der Waals surface area contributed by atoms with Gasteiger partial charge in [0.25, 0.3) is 0 Å². The van der Waals surface area contributed by atoms with Gasteiger partial charge in [0.1, 0.15) is 5.41 Å². The summed E-state index contributed by atoms with van der Waals surface area (Å²) in [6.07, 6.45) is 0.0281. The lowest BCUT2D eigenvalue weighted by molar-refractivity contribution is -0.146. The maximum Gasteiger partial charge on any atom is 0.238 e. The van der Waals surface area contributed by atoms with Crippen LogP contribution < -0.4 is 11.1 Å². The number of methoxy groups -OCH3 is 1. The van der Waals surface area contributed by atoms with Crippen molar-refractivity contribution in [2.24, 2.45) is 5.73 Å². The fourth-order valence-electron chi connectivity index (χ4n) is 5.49. The summed E-state index contributed by atoms with van der Waals surface area (Å²) < 4.78 is 5.77. The Kier molecular flexibility index (Phi) is 9.86. The summed E-state index contributed by atoms with van der Waals surface area (Å²) in [5, 5.41) is 3.50. The first-order chi connectivity index (χ1) is 18.2. The predicted molar refractivity (Wildman–Crippen MR) is 163 cm³/mol. The maximum absolute atomic E-state index is 13.8. The van der Waals surface area contributed by atoms with Crippen LogP contribution in [0.5, 0.6) is 0 Å². The first kappa shape index (κ1) is 31.1. The van der Waals surface area contributed by atoms with Crippen molar-refractivity contribution < 1.29 is 19.1 Å². The number of carbonyl (C=O) groups excluding carboxylic acids is 3. The van der Waals surface area contributed by atoms with Gasteiger partial charge < -0.3 is 20.7 Å². The third-order valence-electron chi connectivity index (χ3n) is 7.14. The molecule has 210 valence electrons. The van der Waals surface area contributed by atoms with Crippen molar-refractivity contribution in [1.82, 2.24) is 4.90 Å². The van der Waals surface area contributed by atoms with Gasteiger partial charge in [0.15, 0.2) is 0 Å². The van der Waals surface area contributed by atoms with Gasteiger partial charge in [0, 0.05) is 49.3 Å². The molecule has 0 unspecified atom stereocenters. The van der Waals surface area contributed by atoms with Crippen molar-refractivity contribution in [3.63, 3.8) is 0 Å². The molecule has 2 heterocycles. The van der Waals surface area contributed by atoms with Crippen molar-refractivity contribution in [3.05, 3.63) is 75.2 Å². The van der Waals surface area contributed by atoms with Crippen LogP contribution in [-0.2, 0) is 24.5 Å². The van der Waals surface area contributed by atoms with Crippen LogP contribution in [0.3, 0.4) is 0 Å². The number of primary amides is 1. The molecule has 1 spiro atoms. The Morgan fingerprint density at radius 2 is 1.95 bits per heavy atom. The molecule has 2 aromatic rings. The molecule has 39 heavy (non-hydrogen) atoms. The number of nitrogens with zero attached hydrogens (tertiary/aromatic N) is 1. The molecule has 0 radical (unpaired) electrons. The molecule has 3 atom stereocenters. The van der Waals surface area contributed by atoms with E-state index in [1.807, 2.05) is 24.3 Å². The average Bonchev–Trinajstić information content (AvgIpc) is 3.10. The molecular formula is C29H37BrClN3O4Si. The van der Waals surface area contributed by atoms with Crippen molar-refractivity contribution in [2.45, 2.75) is 56.4 Å². The van der Waals surface area contributed by atoms with Crippen molar-refractivity contribution >= 4 is 59.0 Å². The Bertz CT molecular complexity index is 1280. The molecule has 3 N–H and O–H groups in total. The number of anilines is 1. The summed E-state index contributed by atoms with van der Waals surface area (Å²) in [5.41, 5.74) is 7.05. The maximum atomic E-state index is 13.8. The molecule has 4 rings (SSSR count). The number of halogens is 2. The van der Waals surface area contributed by atoms with Crippen molar-refractivity contribution in [1.29, 1.82) is 0 Å². The third kappa shape index (κ3) is 6.65. The number of nitrogens with one attached hydrogen (secondary N) is 1. The molecule has 10 heteroatoms. The van der Waals surface area contributed by atoms with Gasteiger partial charge in [-0.05, 0) is 48.4 Å². The summed E-state index contributed by atoms with van der Waals surface area (Å²) in [4.78, 5) is 40.2. The normalized spacial score (nSPS) is 22.2. The number of hydrogen-bond donors (Lipinski definition) is 2. The molecule has 1 saturated heterocycles. The number of hydrogen-bond acceptors (Lipinski definition) is 4. The minimum absolute atomic E-state index is 0.0281. The highest BCUT2D eigenvalue weighted by atomic mass is 79.9. The Morgan fingerprint density at radius 1 is 1.26 bits per heavy atom. The van der Waals surface area contributed by atoms with E-state index in [1.165, 1.54) is 10.9 Å². The van der Waals surface area contributed by atoms with Crippen LogP contribution in [0.2, 0.25) is 30.7 Å². The van der Waals surface area contributed by atoms with Crippen LogP contribution in [-0.4, -0.2) is 57.0 Å². The SMILES string of the molecule is C=C(C)[C@H]1N(CC(N)=O)C(=O)C[C@@H](c2cccc(Cl)c2)[C@]12C(=O)Nc1cc(Br)ccc12.COCC[Si](C)(C)C. The van der Waals surface area contributed by atoms with Gasteiger partial charge in [-0.2, -0.15) is 0 Å². The van der Waals surface area contributed by atoms with E-state index < -0.39 is 31.4 Å². The molecule has 3 amide bonds. The number of rotatable bonds is 7. The second kappa shape index (κ2) is 12.4. The first-order valence-corrected chi connectivity index (χ1v) is 17.7. The van der Waals surface area contributed by atoms with Gasteiger partial charge in [-0.25, -0.2) is 0 Å². The molecule has 2 aromatic carbocycles. The van der Waals surface area contributed by atoms with Crippen molar-refractivity contribution in [2.75, 3.05) is 25.6 Å². The average molecular weight is 635 g/mol. The predicted octanol–water partition coefficient (Wildman–Crippen LogP) is 5.71. The second-order valence-electron chi connectivity index (χ2n) is 11.4. The number of likely N-dealkylation sites (tertiary alicyclic amines) is 1. The molecule has 2 aliphatic heterocycles. The quantitative estimate of drug-likeness (QED) is 0.301. The standard InChI is InChI=1S/C23H21BrClN3O3.C6H16OSi/c1-12(2)21-23(16-7-6-14(24)9-18(16)27-22(23)31)17(13-4-3-5-15(25)8-13)10-20(30)28(21)11-19(26)29;1-7-5-6-8(2,3)4/h3-9,17,21H,1,10-11H2,2H3,(H2,26,29)(H,27,31);5-6H2,1-4H3/t17-,21+,23-;/m0./s1. The fraction of sp³-hybridized carbons (Fsp3) is 0.414. The van der Waals surface area contributed by atoms with Gasteiger partial charge in [-0.15, -0.1) is 0 Å². The number of ether oxygens (including phenoxy) is 1. The van der Waals surface area contributed by atoms with E-state index in [2.05, 4.69) is 47.5 Å². The number of fused-ring (bicyclic) bond motifs is 2. The number of piperidine rings is 1. The van der Waals surface area contributed by atoms with E-state index in [4.69, 9.17) is 22.1 Å². The zero-order valence-corrected chi connectivity index (χ0v) is 26.5. The van der Waals surface area contributed by atoms with E-state index >= 15 is 0 Å².